The Hall–Kier alpha value is -2.59. The Labute approximate surface area is 174 Å². The van der Waals surface area contributed by atoms with Gasteiger partial charge in [-0.05, 0) is 30.3 Å². The number of ether oxygens (including phenoxy) is 2. The summed E-state index contributed by atoms with van der Waals surface area (Å²) in [6.45, 7) is 2.90. The van der Waals surface area contributed by atoms with E-state index in [2.05, 4.69) is 9.88 Å². The highest BCUT2D eigenvalue weighted by molar-refractivity contribution is 7.89. The number of nitrogens with zero attached hydrogens (tertiary/aromatic N) is 3. The van der Waals surface area contributed by atoms with Crippen LogP contribution in [-0.4, -0.2) is 50.5 Å². The predicted octanol–water partition coefficient (Wildman–Crippen LogP) is 2.29. The molecule has 0 aliphatic carbocycles. The van der Waals surface area contributed by atoms with Gasteiger partial charge in [-0.1, -0.05) is 12.1 Å². The monoisotopic (exact) mass is 426 g/mol. The van der Waals surface area contributed by atoms with Crippen LogP contribution < -0.4 is 10.0 Å². The van der Waals surface area contributed by atoms with Crippen LogP contribution in [0.4, 0.5) is 5.69 Å². The summed E-state index contributed by atoms with van der Waals surface area (Å²) in [4.78, 5) is 11.6. The number of pyridine rings is 2. The molecule has 2 aliphatic rings. The molecule has 0 amide bonds. The van der Waals surface area contributed by atoms with Gasteiger partial charge in [0.05, 0.1) is 35.0 Å². The number of nitrogens with two attached hydrogens (primary N) is 1. The first-order valence-electron chi connectivity index (χ1n) is 9.86. The SMILES string of the molecule is NS(=O)(=O)c1cccc(-c2ccc3nccc(N4CCC5(CC4)OCCO5)c3n2)c1. The molecule has 2 saturated heterocycles. The summed E-state index contributed by atoms with van der Waals surface area (Å²) in [5.41, 5.74) is 3.91. The Bertz CT molecular complexity index is 1200. The highest BCUT2D eigenvalue weighted by Crippen LogP contribution is 2.35. The van der Waals surface area contributed by atoms with Crippen molar-refractivity contribution >= 4 is 26.7 Å². The highest BCUT2D eigenvalue weighted by atomic mass is 32.2. The van der Waals surface area contributed by atoms with E-state index in [4.69, 9.17) is 19.6 Å². The summed E-state index contributed by atoms with van der Waals surface area (Å²) in [7, 11) is -3.78. The number of anilines is 1. The maximum absolute atomic E-state index is 11.7. The van der Waals surface area contributed by atoms with Crippen LogP contribution in [0, 0.1) is 0 Å². The molecular formula is C21H22N4O4S. The van der Waals surface area contributed by atoms with Crippen LogP contribution >= 0.6 is 0 Å². The maximum Gasteiger partial charge on any atom is 0.238 e. The molecule has 0 bridgehead atoms. The molecule has 2 aliphatic heterocycles. The lowest BCUT2D eigenvalue weighted by molar-refractivity contribution is -0.169. The van der Waals surface area contributed by atoms with E-state index in [0.717, 1.165) is 42.7 Å². The number of hydrogen-bond acceptors (Lipinski definition) is 7. The lowest BCUT2D eigenvalue weighted by Gasteiger charge is -2.38. The Balaban J connectivity index is 1.51. The summed E-state index contributed by atoms with van der Waals surface area (Å²) in [6, 6.07) is 12.2. The van der Waals surface area contributed by atoms with E-state index in [-0.39, 0.29) is 4.90 Å². The Kier molecular flexibility index (Phi) is 4.70. The molecular weight excluding hydrogens is 404 g/mol. The first kappa shape index (κ1) is 19.4. The lowest BCUT2D eigenvalue weighted by atomic mass is 10.0. The van der Waals surface area contributed by atoms with Crippen molar-refractivity contribution in [1.82, 2.24) is 9.97 Å². The molecule has 1 spiro atoms. The first-order chi connectivity index (χ1) is 14.4. The van der Waals surface area contributed by atoms with E-state index in [0.29, 0.717) is 24.5 Å². The Morgan fingerprint density at radius 2 is 1.80 bits per heavy atom. The van der Waals surface area contributed by atoms with Crippen LogP contribution in [0.15, 0.2) is 53.6 Å². The van der Waals surface area contributed by atoms with E-state index in [1.807, 2.05) is 24.3 Å². The van der Waals surface area contributed by atoms with Gasteiger partial charge < -0.3 is 14.4 Å². The molecule has 0 atom stereocenters. The summed E-state index contributed by atoms with van der Waals surface area (Å²) < 4.78 is 35.1. The molecule has 156 valence electrons. The molecule has 1 aromatic carbocycles. The molecule has 5 rings (SSSR count). The number of hydrogen-bond donors (Lipinski definition) is 1. The van der Waals surface area contributed by atoms with Gasteiger partial charge in [0.15, 0.2) is 5.79 Å². The third kappa shape index (κ3) is 3.54. The van der Waals surface area contributed by atoms with E-state index in [1.54, 1.807) is 18.3 Å². The van der Waals surface area contributed by atoms with Gasteiger partial charge in [0.25, 0.3) is 0 Å². The fourth-order valence-corrected chi connectivity index (χ4v) is 4.69. The van der Waals surface area contributed by atoms with Crippen molar-refractivity contribution in [2.45, 2.75) is 23.5 Å². The third-order valence-corrected chi connectivity index (χ3v) is 6.61. The third-order valence-electron chi connectivity index (χ3n) is 5.70. The molecule has 2 N–H and O–H groups in total. The van der Waals surface area contributed by atoms with E-state index >= 15 is 0 Å². The van der Waals surface area contributed by atoms with Gasteiger partial charge in [-0.25, -0.2) is 18.5 Å². The number of aromatic nitrogens is 2. The largest absolute Gasteiger partial charge is 0.369 e. The minimum atomic E-state index is -3.78. The number of fused-ring (bicyclic) bond motifs is 1. The van der Waals surface area contributed by atoms with E-state index in [1.165, 1.54) is 6.07 Å². The van der Waals surface area contributed by atoms with Gasteiger partial charge in [-0.3, -0.25) is 4.98 Å². The van der Waals surface area contributed by atoms with Crippen molar-refractivity contribution < 1.29 is 17.9 Å². The minimum absolute atomic E-state index is 0.0613. The van der Waals surface area contributed by atoms with Gasteiger partial charge in [0.1, 0.15) is 5.52 Å². The summed E-state index contributed by atoms with van der Waals surface area (Å²) in [5.74, 6) is -0.438. The topological polar surface area (TPSA) is 108 Å². The summed E-state index contributed by atoms with van der Waals surface area (Å²) in [5, 5.41) is 5.28. The molecule has 0 unspecified atom stereocenters. The number of benzene rings is 1. The van der Waals surface area contributed by atoms with Crippen LogP contribution in [-0.2, 0) is 19.5 Å². The Morgan fingerprint density at radius 1 is 1.03 bits per heavy atom. The highest BCUT2D eigenvalue weighted by Gasteiger charge is 2.40. The lowest BCUT2D eigenvalue weighted by Crippen LogP contribution is -2.45. The normalized spacial score (nSPS) is 18.9. The van der Waals surface area contributed by atoms with Crippen LogP contribution in [0.1, 0.15) is 12.8 Å². The van der Waals surface area contributed by atoms with Gasteiger partial charge in [0, 0.05) is 37.7 Å². The van der Waals surface area contributed by atoms with Crippen molar-refractivity contribution in [3.63, 3.8) is 0 Å². The van der Waals surface area contributed by atoms with Crippen LogP contribution in [0.2, 0.25) is 0 Å². The Morgan fingerprint density at radius 3 is 2.53 bits per heavy atom. The maximum atomic E-state index is 11.7. The summed E-state index contributed by atoms with van der Waals surface area (Å²) in [6.07, 6.45) is 3.38. The van der Waals surface area contributed by atoms with E-state index in [9.17, 15) is 8.42 Å². The van der Waals surface area contributed by atoms with Crippen molar-refractivity contribution in [3.8, 4) is 11.3 Å². The average Bonchev–Trinajstić information content (AvgIpc) is 3.21. The van der Waals surface area contributed by atoms with Crippen molar-refractivity contribution in [2.24, 2.45) is 5.14 Å². The molecule has 2 fully saturated rings. The molecule has 2 aromatic heterocycles. The quantitative estimate of drug-likeness (QED) is 0.685. The number of piperidine rings is 1. The zero-order chi connectivity index (χ0) is 20.8. The molecule has 4 heterocycles. The minimum Gasteiger partial charge on any atom is -0.369 e. The predicted molar refractivity (Wildman–Crippen MR) is 112 cm³/mol. The van der Waals surface area contributed by atoms with E-state index < -0.39 is 15.8 Å². The standard InChI is InChI=1S/C21H22N4O4S/c22-30(26,27)16-3-1-2-15(14-16)17-4-5-18-20(24-17)19(6-9-23-18)25-10-7-21(8-11-25)28-12-13-29-21/h1-6,9,14H,7-8,10-13H2,(H2,22,26,27). The van der Waals surface area contributed by atoms with Gasteiger partial charge >= 0.3 is 0 Å². The summed E-state index contributed by atoms with van der Waals surface area (Å²) >= 11 is 0. The molecule has 0 saturated carbocycles. The van der Waals surface area contributed by atoms with Crippen LogP contribution in [0.5, 0.6) is 0 Å². The second-order valence-electron chi connectivity index (χ2n) is 7.56. The van der Waals surface area contributed by atoms with Crippen molar-refractivity contribution in [1.29, 1.82) is 0 Å². The number of rotatable bonds is 3. The smallest absolute Gasteiger partial charge is 0.238 e. The van der Waals surface area contributed by atoms with Gasteiger partial charge in [-0.2, -0.15) is 0 Å². The second-order valence-corrected chi connectivity index (χ2v) is 9.12. The van der Waals surface area contributed by atoms with Gasteiger partial charge in [0.2, 0.25) is 10.0 Å². The second kappa shape index (κ2) is 7.28. The molecule has 30 heavy (non-hydrogen) atoms. The van der Waals surface area contributed by atoms with Crippen molar-refractivity contribution in [2.75, 3.05) is 31.2 Å². The van der Waals surface area contributed by atoms with Crippen LogP contribution in [0.3, 0.4) is 0 Å². The molecule has 9 heteroatoms. The van der Waals surface area contributed by atoms with Crippen molar-refractivity contribution in [3.05, 3.63) is 48.7 Å². The first-order valence-corrected chi connectivity index (χ1v) is 11.4. The van der Waals surface area contributed by atoms with Gasteiger partial charge in [-0.15, -0.1) is 0 Å². The van der Waals surface area contributed by atoms with Crippen LogP contribution in [0.25, 0.3) is 22.3 Å². The number of sulfonamides is 1. The molecule has 3 aromatic rings. The zero-order valence-corrected chi connectivity index (χ0v) is 17.1. The molecule has 8 nitrogen and oxygen atoms in total. The fraction of sp³-hybridized carbons (Fsp3) is 0.333. The average molecular weight is 426 g/mol. The fourth-order valence-electron chi connectivity index (χ4n) is 4.13. The zero-order valence-electron chi connectivity index (χ0n) is 16.3. The number of primary sulfonamides is 1. The molecule has 0 radical (unpaired) electrons.